The average Bonchev–Trinajstić information content (AvgIpc) is 2.38. The highest BCUT2D eigenvalue weighted by Gasteiger charge is 2.06. The van der Waals surface area contributed by atoms with Crippen LogP contribution in [0, 0.1) is 0 Å². The number of rotatable bonds is 3. The highest BCUT2D eigenvalue weighted by atomic mass is 35.5. The van der Waals surface area contributed by atoms with Gasteiger partial charge in [-0.15, -0.1) is 0 Å². The number of halogens is 1. The summed E-state index contributed by atoms with van der Waals surface area (Å²) in [6.07, 6.45) is 1.86. The summed E-state index contributed by atoms with van der Waals surface area (Å²) in [5.74, 6) is 0.932. The number of aromatic nitrogens is 1. The van der Waals surface area contributed by atoms with E-state index in [1.807, 2.05) is 55.5 Å². The van der Waals surface area contributed by atoms with E-state index in [1.165, 1.54) is 0 Å². The maximum Gasteiger partial charge on any atom is 0.127 e. The van der Waals surface area contributed by atoms with Gasteiger partial charge in [-0.3, -0.25) is 0 Å². The van der Waals surface area contributed by atoms with Crippen LogP contribution in [0.1, 0.15) is 5.56 Å². The normalized spacial score (nSPS) is 10.4. The molecule has 94 valence electrons. The molecular weight excluding hydrogens is 246 g/mol. The molecule has 0 spiro atoms. The summed E-state index contributed by atoms with van der Waals surface area (Å²) in [6.45, 7) is 0.464. The van der Waals surface area contributed by atoms with E-state index < -0.39 is 0 Å². The van der Waals surface area contributed by atoms with Gasteiger partial charge in [-0.1, -0.05) is 17.7 Å². The Hall–Kier alpha value is -1.58. The van der Waals surface area contributed by atoms with Gasteiger partial charge in [0.1, 0.15) is 5.82 Å². The Labute approximate surface area is 112 Å². The predicted octanol–water partition coefficient (Wildman–Crippen LogP) is 2.93. The van der Waals surface area contributed by atoms with E-state index >= 15 is 0 Å². The minimum absolute atomic E-state index is 0.464. The molecule has 3 nitrogen and oxygen atoms in total. The van der Waals surface area contributed by atoms with Gasteiger partial charge in [-0.2, -0.15) is 0 Å². The number of hydrogen-bond donors (Lipinski definition) is 1. The molecule has 4 heteroatoms. The van der Waals surface area contributed by atoms with Crippen LogP contribution in [0.5, 0.6) is 0 Å². The maximum atomic E-state index is 5.97. The molecule has 0 atom stereocenters. The van der Waals surface area contributed by atoms with Gasteiger partial charge in [0.15, 0.2) is 0 Å². The van der Waals surface area contributed by atoms with Crippen molar-refractivity contribution in [1.29, 1.82) is 0 Å². The van der Waals surface area contributed by atoms with Crippen molar-refractivity contribution in [3.63, 3.8) is 0 Å². The fourth-order valence-corrected chi connectivity index (χ4v) is 2.02. The van der Waals surface area contributed by atoms with Gasteiger partial charge in [-0.25, -0.2) is 4.98 Å². The van der Waals surface area contributed by atoms with Gasteiger partial charge in [0.25, 0.3) is 0 Å². The third kappa shape index (κ3) is 2.63. The number of nitrogens with two attached hydrogens (primary N) is 1. The topological polar surface area (TPSA) is 42.1 Å². The molecule has 0 aliphatic rings. The second-order valence-electron chi connectivity index (χ2n) is 4.31. The van der Waals surface area contributed by atoms with Crippen molar-refractivity contribution >= 4 is 17.4 Å². The SMILES string of the molecule is CN(C)c1ccc(-c2ccc(Cl)cc2CN)cn1. The molecule has 0 amide bonds. The van der Waals surface area contributed by atoms with E-state index in [1.54, 1.807) is 0 Å². The standard InChI is InChI=1S/C14H16ClN3/c1-18(2)14-6-3-10(9-17-14)13-5-4-12(15)7-11(13)8-16/h3-7,9H,8,16H2,1-2H3. The first-order valence-electron chi connectivity index (χ1n) is 5.74. The summed E-state index contributed by atoms with van der Waals surface area (Å²) in [4.78, 5) is 6.37. The fourth-order valence-electron chi connectivity index (χ4n) is 1.82. The smallest absolute Gasteiger partial charge is 0.127 e. The molecule has 0 saturated heterocycles. The third-order valence-electron chi connectivity index (χ3n) is 2.80. The molecule has 2 aromatic rings. The summed E-state index contributed by atoms with van der Waals surface area (Å²) < 4.78 is 0. The minimum atomic E-state index is 0.464. The van der Waals surface area contributed by atoms with Crippen LogP contribution in [0.4, 0.5) is 5.82 Å². The summed E-state index contributed by atoms with van der Waals surface area (Å²) in [5.41, 5.74) is 8.91. The number of anilines is 1. The molecule has 0 saturated carbocycles. The lowest BCUT2D eigenvalue weighted by atomic mass is 10.0. The highest BCUT2D eigenvalue weighted by molar-refractivity contribution is 6.30. The van der Waals surface area contributed by atoms with Crippen molar-refractivity contribution in [3.8, 4) is 11.1 Å². The van der Waals surface area contributed by atoms with Crippen LogP contribution in [0.15, 0.2) is 36.5 Å². The van der Waals surface area contributed by atoms with Crippen LogP contribution in [0.2, 0.25) is 5.02 Å². The quantitative estimate of drug-likeness (QED) is 0.924. The molecular formula is C14H16ClN3. The average molecular weight is 262 g/mol. The molecule has 0 fully saturated rings. The predicted molar refractivity (Wildman–Crippen MR) is 76.9 cm³/mol. The number of nitrogens with zero attached hydrogens (tertiary/aromatic N) is 2. The van der Waals surface area contributed by atoms with Crippen molar-refractivity contribution < 1.29 is 0 Å². The zero-order valence-electron chi connectivity index (χ0n) is 10.5. The van der Waals surface area contributed by atoms with Crippen molar-refractivity contribution in [2.45, 2.75) is 6.54 Å². The van der Waals surface area contributed by atoms with E-state index in [0.29, 0.717) is 11.6 Å². The van der Waals surface area contributed by atoms with Crippen molar-refractivity contribution in [3.05, 3.63) is 47.1 Å². The van der Waals surface area contributed by atoms with Gasteiger partial charge in [0.2, 0.25) is 0 Å². The first kappa shape index (κ1) is 12.9. The Morgan fingerprint density at radius 2 is 2.00 bits per heavy atom. The first-order valence-corrected chi connectivity index (χ1v) is 6.12. The molecule has 2 rings (SSSR count). The summed E-state index contributed by atoms with van der Waals surface area (Å²) >= 11 is 5.97. The molecule has 0 aliphatic carbocycles. The molecule has 0 radical (unpaired) electrons. The van der Waals surface area contributed by atoms with Crippen LogP contribution < -0.4 is 10.6 Å². The lowest BCUT2D eigenvalue weighted by Gasteiger charge is -2.12. The lowest BCUT2D eigenvalue weighted by molar-refractivity contribution is 1.06. The van der Waals surface area contributed by atoms with Crippen LogP contribution in [0.25, 0.3) is 11.1 Å². The Kier molecular flexibility index (Phi) is 3.84. The van der Waals surface area contributed by atoms with Crippen LogP contribution >= 0.6 is 11.6 Å². The highest BCUT2D eigenvalue weighted by Crippen LogP contribution is 2.26. The molecule has 18 heavy (non-hydrogen) atoms. The second-order valence-corrected chi connectivity index (χ2v) is 4.74. The first-order chi connectivity index (χ1) is 8.61. The van der Waals surface area contributed by atoms with Gasteiger partial charge in [-0.05, 0) is 35.4 Å². The molecule has 1 aromatic carbocycles. The summed E-state index contributed by atoms with van der Waals surface area (Å²) in [6, 6.07) is 9.79. The van der Waals surface area contributed by atoms with E-state index in [9.17, 15) is 0 Å². The zero-order valence-corrected chi connectivity index (χ0v) is 11.3. The van der Waals surface area contributed by atoms with E-state index in [2.05, 4.69) is 4.98 Å². The molecule has 0 bridgehead atoms. The van der Waals surface area contributed by atoms with Gasteiger partial charge in [0, 0.05) is 37.4 Å². The Bertz CT molecular complexity index is 535. The minimum Gasteiger partial charge on any atom is -0.363 e. The summed E-state index contributed by atoms with van der Waals surface area (Å²) in [5, 5.41) is 0.706. The van der Waals surface area contributed by atoms with E-state index in [4.69, 9.17) is 17.3 Å². The Balaban J connectivity index is 2.42. The molecule has 1 heterocycles. The third-order valence-corrected chi connectivity index (χ3v) is 3.04. The van der Waals surface area contributed by atoms with Crippen molar-refractivity contribution in [2.75, 3.05) is 19.0 Å². The largest absolute Gasteiger partial charge is 0.363 e. The fraction of sp³-hybridized carbons (Fsp3) is 0.214. The zero-order chi connectivity index (χ0) is 13.1. The van der Waals surface area contributed by atoms with Crippen LogP contribution in [-0.4, -0.2) is 19.1 Å². The molecule has 2 N–H and O–H groups in total. The van der Waals surface area contributed by atoms with Gasteiger partial charge >= 0.3 is 0 Å². The van der Waals surface area contributed by atoms with Crippen LogP contribution in [0.3, 0.4) is 0 Å². The van der Waals surface area contributed by atoms with Crippen LogP contribution in [-0.2, 0) is 6.54 Å². The van der Waals surface area contributed by atoms with E-state index in [0.717, 1.165) is 22.5 Å². The maximum absolute atomic E-state index is 5.97. The molecule has 0 aliphatic heterocycles. The molecule has 0 unspecified atom stereocenters. The van der Waals surface area contributed by atoms with E-state index in [-0.39, 0.29) is 0 Å². The van der Waals surface area contributed by atoms with Gasteiger partial charge < -0.3 is 10.6 Å². The number of pyridine rings is 1. The van der Waals surface area contributed by atoms with Crippen molar-refractivity contribution in [2.24, 2.45) is 5.73 Å². The monoisotopic (exact) mass is 261 g/mol. The number of benzene rings is 1. The Morgan fingerprint density at radius 3 is 2.56 bits per heavy atom. The van der Waals surface area contributed by atoms with Crippen molar-refractivity contribution in [1.82, 2.24) is 4.98 Å². The summed E-state index contributed by atoms with van der Waals surface area (Å²) in [7, 11) is 3.94. The Morgan fingerprint density at radius 1 is 1.22 bits per heavy atom. The lowest BCUT2D eigenvalue weighted by Crippen LogP contribution is -2.10. The number of hydrogen-bond acceptors (Lipinski definition) is 3. The molecule has 1 aromatic heterocycles. The second kappa shape index (κ2) is 5.38. The van der Waals surface area contributed by atoms with Gasteiger partial charge in [0.05, 0.1) is 0 Å².